The van der Waals surface area contributed by atoms with Crippen molar-refractivity contribution in [1.29, 1.82) is 0 Å². The van der Waals surface area contributed by atoms with Crippen molar-refractivity contribution in [3.05, 3.63) is 35.4 Å². The number of benzene rings is 2. The van der Waals surface area contributed by atoms with Crippen molar-refractivity contribution in [1.82, 2.24) is 0 Å². The molecule has 0 unspecified atom stereocenters. The third kappa shape index (κ3) is 3.47. The zero-order valence-electron chi connectivity index (χ0n) is 15.3. The van der Waals surface area contributed by atoms with Crippen molar-refractivity contribution in [2.24, 2.45) is 0 Å². The molecule has 0 heterocycles. The molecular weight excluding hydrogens is 324 g/mol. The first kappa shape index (κ1) is 18.4. The summed E-state index contributed by atoms with van der Waals surface area (Å²) >= 11 is 0. The number of hydrogen-bond donors (Lipinski definition) is 0. The molecule has 0 spiro atoms. The van der Waals surface area contributed by atoms with E-state index in [0.29, 0.717) is 34.1 Å². The fraction of sp³-hybridized carbons (Fsp3) is 0.316. The van der Waals surface area contributed by atoms with Gasteiger partial charge >= 0.3 is 5.97 Å². The largest absolute Gasteiger partial charge is 0.497 e. The zero-order chi connectivity index (χ0) is 18.6. The summed E-state index contributed by atoms with van der Waals surface area (Å²) in [5.41, 5.74) is 2.51. The van der Waals surface area contributed by atoms with Gasteiger partial charge in [0.1, 0.15) is 28.6 Å². The van der Waals surface area contributed by atoms with Crippen molar-refractivity contribution in [3.8, 4) is 34.1 Å². The lowest BCUT2D eigenvalue weighted by atomic mass is 9.93. The van der Waals surface area contributed by atoms with Gasteiger partial charge in [0.15, 0.2) is 0 Å². The highest BCUT2D eigenvalue weighted by Gasteiger charge is 2.24. The van der Waals surface area contributed by atoms with Gasteiger partial charge in [0, 0.05) is 23.3 Å². The predicted octanol–water partition coefficient (Wildman–Crippen LogP) is 3.48. The molecule has 0 aromatic heterocycles. The van der Waals surface area contributed by atoms with Crippen LogP contribution in [-0.2, 0) is 4.74 Å². The highest BCUT2D eigenvalue weighted by atomic mass is 16.5. The molecular formula is C19H22O6. The van der Waals surface area contributed by atoms with Gasteiger partial charge in [-0.15, -0.1) is 0 Å². The molecule has 0 aliphatic heterocycles. The van der Waals surface area contributed by atoms with E-state index in [-0.39, 0.29) is 0 Å². The summed E-state index contributed by atoms with van der Waals surface area (Å²) in [5.74, 6) is 1.63. The van der Waals surface area contributed by atoms with Crippen LogP contribution in [0.3, 0.4) is 0 Å². The topological polar surface area (TPSA) is 63.2 Å². The summed E-state index contributed by atoms with van der Waals surface area (Å²) in [6.07, 6.45) is 0. The van der Waals surface area contributed by atoms with Gasteiger partial charge in [0.2, 0.25) is 0 Å². The molecule has 0 amide bonds. The van der Waals surface area contributed by atoms with Crippen LogP contribution in [0.15, 0.2) is 24.3 Å². The molecule has 0 atom stereocenters. The average Bonchev–Trinajstić information content (AvgIpc) is 2.65. The van der Waals surface area contributed by atoms with Crippen LogP contribution in [-0.4, -0.2) is 41.5 Å². The molecule has 6 nitrogen and oxygen atoms in total. The van der Waals surface area contributed by atoms with Gasteiger partial charge in [0.25, 0.3) is 0 Å². The smallest absolute Gasteiger partial charge is 0.342 e. The van der Waals surface area contributed by atoms with Gasteiger partial charge in [-0.3, -0.25) is 0 Å². The first-order valence-corrected chi connectivity index (χ1v) is 7.58. The molecule has 0 N–H and O–H groups in total. The highest BCUT2D eigenvalue weighted by molar-refractivity contribution is 6.02. The second-order valence-corrected chi connectivity index (χ2v) is 5.27. The molecule has 0 saturated carbocycles. The lowest BCUT2D eigenvalue weighted by Gasteiger charge is -2.19. The second-order valence-electron chi connectivity index (χ2n) is 5.27. The summed E-state index contributed by atoms with van der Waals surface area (Å²) in [4.78, 5) is 12.4. The Bertz CT molecular complexity index is 782. The Morgan fingerprint density at radius 1 is 0.760 bits per heavy atom. The normalized spacial score (nSPS) is 10.2. The van der Waals surface area contributed by atoms with Gasteiger partial charge in [-0.05, 0) is 24.6 Å². The van der Waals surface area contributed by atoms with E-state index in [4.69, 9.17) is 23.7 Å². The van der Waals surface area contributed by atoms with Crippen molar-refractivity contribution >= 4 is 5.97 Å². The average molecular weight is 346 g/mol. The van der Waals surface area contributed by atoms with Crippen LogP contribution in [0, 0.1) is 6.92 Å². The molecule has 0 saturated heterocycles. The summed E-state index contributed by atoms with van der Waals surface area (Å²) in [6.45, 7) is 1.91. The minimum atomic E-state index is -0.508. The maximum absolute atomic E-state index is 12.4. The van der Waals surface area contributed by atoms with Crippen LogP contribution in [0.4, 0.5) is 0 Å². The molecule has 0 radical (unpaired) electrons. The van der Waals surface area contributed by atoms with Crippen LogP contribution in [0.2, 0.25) is 0 Å². The van der Waals surface area contributed by atoms with Gasteiger partial charge in [-0.2, -0.15) is 0 Å². The Hall–Kier alpha value is -2.89. The third-order valence-electron chi connectivity index (χ3n) is 3.92. The molecule has 6 heteroatoms. The van der Waals surface area contributed by atoms with Crippen LogP contribution in [0.25, 0.3) is 11.1 Å². The molecule has 2 rings (SSSR count). The van der Waals surface area contributed by atoms with E-state index in [2.05, 4.69) is 0 Å². The van der Waals surface area contributed by atoms with Crippen LogP contribution < -0.4 is 18.9 Å². The van der Waals surface area contributed by atoms with E-state index < -0.39 is 5.97 Å². The Morgan fingerprint density at radius 3 is 1.84 bits per heavy atom. The summed E-state index contributed by atoms with van der Waals surface area (Å²) in [5, 5.41) is 0. The predicted molar refractivity (Wildman–Crippen MR) is 94.2 cm³/mol. The quantitative estimate of drug-likeness (QED) is 0.746. The molecule has 134 valence electrons. The first-order valence-electron chi connectivity index (χ1n) is 7.58. The Labute approximate surface area is 147 Å². The SMILES string of the molecule is COC(=O)c1c(OC)cc(OC)cc1-c1c(C)cc(OC)cc1OC. The van der Waals surface area contributed by atoms with E-state index in [1.807, 2.05) is 13.0 Å². The molecule has 0 aliphatic carbocycles. The molecule has 0 aliphatic rings. The van der Waals surface area contributed by atoms with Crippen molar-refractivity contribution < 1.29 is 28.5 Å². The van der Waals surface area contributed by atoms with Gasteiger partial charge in [-0.25, -0.2) is 4.79 Å². The molecule has 25 heavy (non-hydrogen) atoms. The Kier molecular flexibility index (Phi) is 5.75. The minimum absolute atomic E-state index is 0.303. The van der Waals surface area contributed by atoms with E-state index in [9.17, 15) is 4.79 Å². The summed E-state index contributed by atoms with van der Waals surface area (Å²) < 4.78 is 26.5. The summed E-state index contributed by atoms with van der Waals surface area (Å²) in [7, 11) is 7.51. The Morgan fingerprint density at radius 2 is 1.32 bits per heavy atom. The van der Waals surface area contributed by atoms with Gasteiger partial charge < -0.3 is 23.7 Å². The summed E-state index contributed by atoms with van der Waals surface area (Å²) in [6, 6.07) is 7.02. The molecule has 2 aromatic rings. The number of esters is 1. The lowest BCUT2D eigenvalue weighted by Crippen LogP contribution is -2.08. The third-order valence-corrected chi connectivity index (χ3v) is 3.92. The number of ether oxygens (including phenoxy) is 5. The van der Waals surface area contributed by atoms with E-state index in [1.165, 1.54) is 14.2 Å². The van der Waals surface area contributed by atoms with Gasteiger partial charge in [-0.1, -0.05) is 0 Å². The number of aryl methyl sites for hydroxylation is 1. The standard InChI is InChI=1S/C19H22O6/c1-11-7-12(21-2)9-15(23-4)17(11)14-8-13(22-3)10-16(24-5)18(14)19(20)25-6/h7-10H,1-6H3. The van der Waals surface area contributed by atoms with E-state index in [1.54, 1.807) is 39.5 Å². The molecule has 2 aromatic carbocycles. The highest BCUT2D eigenvalue weighted by Crippen LogP contribution is 2.43. The fourth-order valence-electron chi connectivity index (χ4n) is 2.73. The number of rotatable bonds is 6. The lowest BCUT2D eigenvalue weighted by molar-refractivity contribution is 0.0598. The van der Waals surface area contributed by atoms with Gasteiger partial charge in [0.05, 0.1) is 35.5 Å². The number of carbonyl (C=O) groups is 1. The first-order chi connectivity index (χ1) is 12.0. The van der Waals surface area contributed by atoms with Crippen molar-refractivity contribution in [2.45, 2.75) is 6.92 Å². The number of hydrogen-bond acceptors (Lipinski definition) is 6. The monoisotopic (exact) mass is 346 g/mol. The van der Waals surface area contributed by atoms with Crippen LogP contribution in [0.5, 0.6) is 23.0 Å². The van der Waals surface area contributed by atoms with E-state index in [0.717, 1.165) is 11.1 Å². The zero-order valence-corrected chi connectivity index (χ0v) is 15.3. The molecule has 0 fully saturated rings. The van der Waals surface area contributed by atoms with Crippen LogP contribution >= 0.6 is 0 Å². The number of methoxy groups -OCH3 is 5. The number of carbonyl (C=O) groups excluding carboxylic acids is 1. The van der Waals surface area contributed by atoms with Crippen LogP contribution in [0.1, 0.15) is 15.9 Å². The maximum Gasteiger partial charge on any atom is 0.342 e. The second kappa shape index (κ2) is 7.79. The molecule has 0 bridgehead atoms. The maximum atomic E-state index is 12.4. The Balaban J connectivity index is 2.88. The van der Waals surface area contributed by atoms with Crippen molar-refractivity contribution in [2.75, 3.05) is 35.5 Å². The van der Waals surface area contributed by atoms with Crippen molar-refractivity contribution in [3.63, 3.8) is 0 Å². The fourth-order valence-corrected chi connectivity index (χ4v) is 2.73. The minimum Gasteiger partial charge on any atom is -0.497 e. The van der Waals surface area contributed by atoms with E-state index >= 15 is 0 Å².